The van der Waals surface area contributed by atoms with Gasteiger partial charge in [0.05, 0.1) is 4.47 Å². The van der Waals surface area contributed by atoms with E-state index in [4.69, 9.17) is 12.2 Å². The van der Waals surface area contributed by atoms with Gasteiger partial charge in [-0.15, -0.1) is 0 Å². The zero-order chi connectivity index (χ0) is 13.4. The zero-order valence-corrected chi connectivity index (χ0v) is 14.1. The number of nitrogens with one attached hydrogen (secondary N) is 1. The van der Waals surface area contributed by atoms with Crippen molar-refractivity contribution in [3.8, 4) is 0 Å². The Morgan fingerprint density at radius 1 is 1.32 bits per heavy atom. The number of aromatic amines is 1. The molecule has 5 heteroatoms. The summed E-state index contributed by atoms with van der Waals surface area (Å²) in [5.41, 5.74) is 2.43. The van der Waals surface area contributed by atoms with Gasteiger partial charge in [0.1, 0.15) is 10.5 Å². The van der Waals surface area contributed by atoms with Crippen molar-refractivity contribution < 1.29 is 0 Å². The molecular formula is C14H12Br2N2S. The standard InChI is InChI=1S/C14H12Br2N2S/c15-10-3-1-2-8(6-10)7-11-17-13(9-4-5-9)12(16)14(19)18-11/h1-3,6,9H,4-5,7H2,(H,17,18,19). The molecule has 1 aliphatic rings. The van der Waals surface area contributed by atoms with E-state index in [0.29, 0.717) is 10.6 Å². The Morgan fingerprint density at radius 3 is 2.79 bits per heavy atom. The fourth-order valence-electron chi connectivity index (χ4n) is 2.10. The van der Waals surface area contributed by atoms with Crippen molar-refractivity contribution in [1.82, 2.24) is 9.97 Å². The van der Waals surface area contributed by atoms with E-state index in [9.17, 15) is 0 Å². The summed E-state index contributed by atoms with van der Waals surface area (Å²) in [5, 5.41) is 0. The van der Waals surface area contributed by atoms with Gasteiger partial charge in [-0.3, -0.25) is 0 Å². The molecule has 2 nitrogen and oxygen atoms in total. The molecule has 0 spiro atoms. The lowest BCUT2D eigenvalue weighted by atomic mass is 10.1. The fourth-order valence-corrected chi connectivity index (χ4v) is 3.28. The first-order valence-corrected chi connectivity index (χ1v) is 8.16. The lowest BCUT2D eigenvalue weighted by Gasteiger charge is -2.08. The van der Waals surface area contributed by atoms with Crippen LogP contribution in [-0.2, 0) is 6.42 Å². The van der Waals surface area contributed by atoms with Crippen molar-refractivity contribution in [3.63, 3.8) is 0 Å². The first-order chi connectivity index (χ1) is 9.13. The number of rotatable bonds is 3. The summed E-state index contributed by atoms with van der Waals surface area (Å²) in [4.78, 5) is 7.91. The van der Waals surface area contributed by atoms with Crippen molar-refractivity contribution in [3.05, 3.63) is 54.9 Å². The minimum Gasteiger partial charge on any atom is -0.346 e. The smallest absolute Gasteiger partial charge is 0.144 e. The molecule has 0 bridgehead atoms. The first-order valence-electron chi connectivity index (χ1n) is 6.16. The molecule has 1 heterocycles. The van der Waals surface area contributed by atoms with E-state index in [1.165, 1.54) is 24.1 Å². The molecule has 0 unspecified atom stereocenters. The number of hydrogen-bond donors (Lipinski definition) is 1. The van der Waals surface area contributed by atoms with Gasteiger partial charge >= 0.3 is 0 Å². The van der Waals surface area contributed by atoms with Crippen LogP contribution in [0.25, 0.3) is 0 Å². The predicted molar refractivity (Wildman–Crippen MR) is 86.0 cm³/mol. The van der Waals surface area contributed by atoms with Crippen LogP contribution in [0.1, 0.15) is 35.8 Å². The van der Waals surface area contributed by atoms with Gasteiger partial charge in [0.2, 0.25) is 0 Å². The van der Waals surface area contributed by atoms with E-state index >= 15 is 0 Å². The minimum atomic E-state index is 0.625. The van der Waals surface area contributed by atoms with Crippen LogP contribution < -0.4 is 0 Å². The number of halogens is 2. The minimum absolute atomic E-state index is 0.625. The summed E-state index contributed by atoms with van der Waals surface area (Å²) in [6.07, 6.45) is 3.25. The van der Waals surface area contributed by atoms with Crippen molar-refractivity contribution in [2.75, 3.05) is 0 Å². The molecule has 1 aromatic carbocycles. The summed E-state index contributed by atoms with van der Waals surface area (Å²) in [6.45, 7) is 0. The van der Waals surface area contributed by atoms with Crippen LogP contribution in [0, 0.1) is 4.64 Å². The molecule has 98 valence electrons. The molecular weight excluding hydrogens is 388 g/mol. The Bertz CT molecular complexity index is 677. The Balaban J connectivity index is 1.95. The molecule has 2 aromatic rings. The third-order valence-electron chi connectivity index (χ3n) is 3.19. The predicted octanol–water partition coefficient (Wildman–Crippen LogP) is 5.13. The molecule has 1 N–H and O–H groups in total. The molecule has 1 aromatic heterocycles. The average Bonchev–Trinajstić information content (AvgIpc) is 3.18. The highest BCUT2D eigenvalue weighted by atomic mass is 79.9. The quantitative estimate of drug-likeness (QED) is 0.724. The number of H-pyrrole nitrogens is 1. The summed E-state index contributed by atoms with van der Waals surface area (Å²) in [6, 6.07) is 8.27. The van der Waals surface area contributed by atoms with Gasteiger partial charge in [-0.05, 0) is 46.5 Å². The monoisotopic (exact) mass is 398 g/mol. The number of aromatic nitrogens is 2. The van der Waals surface area contributed by atoms with Gasteiger partial charge in [0.15, 0.2) is 0 Å². The first kappa shape index (κ1) is 13.5. The Morgan fingerprint density at radius 2 is 2.11 bits per heavy atom. The molecule has 0 radical (unpaired) electrons. The summed E-state index contributed by atoms with van der Waals surface area (Å²) in [5.74, 6) is 1.56. The zero-order valence-electron chi connectivity index (χ0n) is 10.1. The van der Waals surface area contributed by atoms with Crippen LogP contribution in [0.5, 0.6) is 0 Å². The van der Waals surface area contributed by atoms with E-state index in [1.807, 2.05) is 12.1 Å². The van der Waals surface area contributed by atoms with Gasteiger partial charge in [0, 0.05) is 22.5 Å². The highest BCUT2D eigenvalue weighted by Crippen LogP contribution is 2.42. The van der Waals surface area contributed by atoms with Crippen molar-refractivity contribution in [2.24, 2.45) is 0 Å². The summed E-state index contributed by atoms with van der Waals surface area (Å²) < 4.78 is 2.71. The van der Waals surface area contributed by atoms with Crippen molar-refractivity contribution in [2.45, 2.75) is 25.2 Å². The second-order valence-corrected chi connectivity index (χ2v) is 6.89. The molecule has 1 saturated carbocycles. The van der Waals surface area contributed by atoms with Crippen LogP contribution in [0.2, 0.25) is 0 Å². The van der Waals surface area contributed by atoms with Crippen LogP contribution in [0.3, 0.4) is 0 Å². The van der Waals surface area contributed by atoms with E-state index in [1.54, 1.807) is 0 Å². The third kappa shape index (κ3) is 3.15. The molecule has 19 heavy (non-hydrogen) atoms. The van der Waals surface area contributed by atoms with E-state index in [0.717, 1.165) is 21.2 Å². The van der Waals surface area contributed by atoms with E-state index in [2.05, 4.69) is 54.0 Å². The Labute approximate surface area is 133 Å². The number of benzene rings is 1. The van der Waals surface area contributed by atoms with Crippen molar-refractivity contribution in [1.29, 1.82) is 0 Å². The number of nitrogens with zero attached hydrogens (tertiary/aromatic N) is 1. The van der Waals surface area contributed by atoms with E-state index < -0.39 is 0 Å². The molecule has 1 fully saturated rings. The third-order valence-corrected chi connectivity index (χ3v) is 5.04. The summed E-state index contributed by atoms with van der Waals surface area (Å²) in [7, 11) is 0. The maximum Gasteiger partial charge on any atom is 0.144 e. The lowest BCUT2D eigenvalue weighted by Crippen LogP contribution is -2.02. The Kier molecular flexibility index (Phi) is 3.87. The maximum atomic E-state index is 5.33. The van der Waals surface area contributed by atoms with Crippen LogP contribution in [-0.4, -0.2) is 9.97 Å². The van der Waals surface area contributed by atoms with Gasteiger partial charge in [0.25, 0.3) is 0 Å². The van der Waals surface area contributed by atoms with Crippen LogP contribution in [0.4, 0.5) is 0 Å². The van der Waals surface area contributed by atoms with Crippen LogP contribution >= 0.6 is 44.1 Å². The maximum absolute atomic E-state index is 5.33. The van der Waals surface area contributed by atoms with Gasteiger partial charge in [-0.2, -0.15) is 0 Å². The fraction of sp³-hybridized carbons (Fsp3) is 0.286. The van der Waals surface area contributed by atoms with Gasteiger partial charge in [-0.1, -0.05) is 40.3 Å². The second-order valence-electron chi connectivity index (χ2n) is 4.80. The molecule has 0 amide bonds. The van der Waals surface area contributed by atoms with Crippen molar-refractivity contribution >= 4 is 44.1 Å². The SMILES string of the molecule is S=c1nc(Cc2cccc(Br)c2)[nH]c(C2CC2)c1Br. The molecule has 3 rings (SSSR count). The van der Waals surface area contributed by atoms with E-state index in [-0.39, 0.29) is 0 Å². The van der Waals surface area contributed by atoms with Gasteiger partial charge in [-0.25, -0.2) is 4.98 Å². The largest absolute Gasteiger partial charge is 0.346 e. The molecule has 0 atom stereocenters. The normalized spacial score (nSPS) is 14.6. The lowest BCUT2D eigenvalue weighted by molar-refractivity contribution is 0.882. The topological polar surface area (TPSA) is 28.7 Å². The molecule has 1 aliphatic carbocycles. The number of hydrogen-bond acceptors (Lipinski definition) is 2. The van der Waals surface area contributed by atoms with Gasteiger partial charge < -0.3 is 4.98 Å². The second kappa shape index (κ2) is 5.46. The summed E-state index contributed by atoms with van der Waals surface area (Å²) >= 11 is 12.4. The molecule has 0 aliphatic heterocycles. The highest BCUT2D eigenvalue weighted by Gasteiger charge is 2.27. The van der Waals surface area contributed by atoms with Crippen LogP contribution in [0.15, 0.2) is 33.2 Å². The molecule has 0 saturated heterocycles. The average molecular weight is 400 g/mol. The Hall–Kier alpha value is -0.520. The highest BCUT2D eigenvalue weighted by molar-refractivity contribution is 9.10.